The van der Waals surface area contributed by atoms with Crippen LogP contribution < -0.4 is 5.73 Å². The third-order valence-corrected chi connectivity index (χ3v) is 3.56. The maximum atomic E-state index is 11.7. The number of morpholine rings is 1. The average molecular weight is 232 g/mol. The highest BCUT2D eigenvalue weighted by Crippen LogP contribution is 2.07. The number of carbonyl (C=O) groups is 1. The fourth-order valence-electron chi connectivity index (χ4n) is 1.32. The maximum Gasteiger partial charge on any atom is 0.232 e. The molecular formula is C10H20N2O2S. The first-order valence-corrected chi connectivity index (χ1v) is 6.58. The number of thioether (sulfide) groups is 1. The molecule has 0 aromatic carbocycles. The molecule has 1 saturated heterocycles. The van der Waals surface area contributed by atoms with Gasteiger partial charge in [0, 0.05) is 24.9 Å². The summed E-state index contributed by atoms with van der Waals surface area (Å²) in [5.41, 5.74) is 5.77. The fraction of sp³-hybridized carbons (Fsp3) is 0.900. The maximum absolute atomic E-state index is 11.7. The molecule has 0 bridgehead atoms. The van der Waals surface area contributed by atoms with Crippen molar-refractivity contribution in [1.29, 1.82) is 0 Å². The zero-order chi connectivity index (χ0) is 11.1. The summed E-state index contributed by atoms with van der Waals surface area (Å²) in [6.07, 6.45) is 0.971. The molecule has 88 valence electrons. The third kappa shape index (κ3) is 4.86. The molecule has 1 aliphatic rings. The lowest BCUT2D eigenvalue weighted by Gasteiger charge is -2.26. The van der Waals surface area contributed by atoms with Crippen LogP contribution in [-0.4, -0.2) is 54.7 Å². The lowest BCUT2D eigenvalue weighted by atomic mass is 10.3. The van der Waals surface area contributed by atoms with E-state index in [4.69, 9.17) is 10.5 Å². The van der Waals surface area contributed by atoms with Crippen LogP contribution in [0.15, 0.2) is 0 Å². The summed E-state index contributed by atoms with van der Waals surface area (Å²) in [6, 6.07) is 0.215. The van der Waals surface area contributed by atoms with Crippen molar-refractivity contribution in [2.75, 3.05) is 37.8 Å². The van der Waals surface area contributed by atoms with E-state index in [0.717, 1.165) is 25.3 Å². The summed E-state index contributed by atoms with van der Waals surface area (Å²) in [5, 5.41) is 0. The second kappa shape index (κ2) is 7.09. The predicted molar refractivity (Wildman–Crippen MR) is 63.0 cm³/mol. The Kier molecular flexibility index (Phi) is 6.05. The number of rotatable bonds is 5. The lowest BCUT2D eigenvalue weighted by Crippen LogP contribution is -2.41. The molecule has 5 heteroatoms. The van der Waals surface area contributed by atoms with E-state index in [0.29, 0.717) is 19.0 Å². The van der Waals surface area contributed by atoms with Crippen LogP contribution in [-0.2, 0) is 9.53 Å². The summed E-state index contributed by atoms with van der Waals surface area (Å²) in [4.78, 5) is 13.5. The first-order valence-electron chi connectivity index (χ1n) is 5.43. The topological polar surface area (TPSA) is 55.6 Å². The molecule has 1 heterocycles. The zero-order valence-corrected chi connectivity index (χ0v) is 10.1. The number of amides is 1. The van der Waals surface area contributed by atoms with Crippen molar-refractivity contribution in [3.63, 3.8) is 0 Å². The van der Waals surface area contributed by atoms with Crippen LogP contribution in [0.1, 0.15) is 13.3 Å². The van der Waals surface area contributed by atoms with E-state index in [2.05, 4.69) is 6.92 Å². The van der Waals surface area contributed by atoms with E-state index in [9.17, 15) is 4.79 Å². The number of ether oxygens (including phenoxy) is 1. The summed E-state index contributed by atoms with van der Waals surface area (Å²) < 4.78 is 5.19. The molecule has 0 saturated carbocycles. The normalized spacial score (nSPS) is 18.9. The molecule has 0 spiro atoms. The SMILES string of the molecule is CCC(N)CSCC(=O)N1CCOCC1. The molecule has 0 aliphatic carbocycles. The van der Waals surface area contributed by atoms with Gasteiger partial charge < -0.3 is 15.4 Å². The van der Waals surface area contributed by atoms with Crippen molar-refractivity contribution in [3.8, 4) is 0 Å². The third-order valence-electron chi connectivity index (χ3n) is 2.45. The quantitative estimate of drug-likeness (QED) is 0.741. The molecule has 0 aromatic heterocycles. The number of carbonyl (C=O) groups excluding carboxylic acids is 1. The zero-order valence-electron chi connectivity index (χ0n) is 9.28. The van der Waals surface area contributed by atoms with Crippen LogP contribution in [0, 0.1) is 0 Å². The first kappa shape index (κ1) is 12.8. The van der Waals surface area contributed by atoms with Gasteiger partial charge in [-0.05, 0) is 6.42 Å². The molecule has 0 radical (unpaired) electrons. The fourth-order valence-corrected chi connectivity index (χ4v) is 2.33. The highest BCUT2D eigenvalue weighted by Gasteiger charge is 2.16. The van der Waals surface area contributed by atoms with Gasteiger partial charge in [0.15, 0.2) is 0 Å². The Labute approximate surface area is 95.5 Å². The number of nitrogens with zero attached hydrogens (tertiary/aromatic N) is 1. The van der Waals surface area contributed by atoms with Crippen molar-refractivity contribution in [3.05, 3.63) is 0 Å². The molecule has 1 fully saturated rings. The van der Waals surface area contributed by atoms with Gasteiger partial charge in [0.25, 0.3) is 0 Å². The van der Waals surface area contributed by atoms with Gasteiger partial charge >= 0.3 is 0 Å². The molecule has 0 aromatic rings. The Hall–Kier alpha value is -0.260. The van der Waals surface area contributed by atoms with Crippen molar-refractivity contribution < 1.29 is 9.53 Å². The Morgan fingerprint density at radius 2 is 2.20 bits per heavy atom. The summed E-state index contributed by atoms with van der Waals surface area (Å²) in [5.74, 6) is 1.63. The molecule has 4 nitrogen and oxygen atoms in total. The van der Waals surface area contributed by atoms with Crippen LogP contribution in [0.25, 0.3) is 0 Å². The smallest absolute Gasteiger partial charge is 0.232 e. The largest absolute Gasteiger partial charge is 0.378 e. The van der Waals surface area contributed by atoms with Crippen LogP contribution in [0.5, 0.6) is 0 Å². The number of nitrogens with two attached hydrogens (primary N) is 1. The Balaban J connectivity index is 2.12. The van der Waals surface area contributed by atoms with Gasteiger partial charge in [-0.15, -0.1) is 0 Å². The minimum atomic E-state index is 0.214. The van der Waals surface area contributed by atoms with Crippen LogP contribution in [0.2, 0.25) is 0 Å². The van der Waals surface area contributed by atoms with E-state index >= 15 is 0 Å². The van der Waals surface area contributed by atoms with Gasteiger partial charge in [0.2, 0.25) is 5.91 Å². The summed E-state index contributed by atoms with van der Waals surface area (Å²) in [6.45, 7) is 4.88. The van der Waals surface area contributed by atoms with E-state index in [1.165, 1.54) is 0 Å². The van der Waals surface area contributed by atoms with Gasteiger partial charge in [-0.25, -0.2) is 0 Å². The van der Waals surface area contributed by atoms with E-state index in [-0.39, 0.29) is 11.9 Å². The molecule has 1 aliphatic heterocycles. The second-order valence-electron chi connectivity index (χ2n) is 3.68. The molecule has 15 heavy (non-hydrogen) atoms. The Bertz CT molecular complexity index is 196. The molecule has 1 amide bonds. The van der Waals surface area contributed by atoms with E-state index < -0.39 is 0 Å². The first-order chi connectivity index (χ1) is 7.24. The summed E-state index contributed by atoms with van der Waals surface area (Å²) >= 11 is 1.63. The lowest BCUT2D eigenvalue weighted by molar-refractivity contribution is -0.132. The minimum absolute atomic E-state index is 0.214. The van der Waals surface area contributed by atoms with Crippen LogP contribution >= 0.6 is 11.8 Å². The van der Waals surface area contributed by atoms with Crippen molar-refractivity contribution >= 4 is 17.7 Å². The number of hydrogen-bond donors (Lipinski definition) is 1. The minimum Gasteiger partial charge on any atom is -0.378 e. The van der Waals surface area contributed by atoms with Gasteiger partial charge in [0.1, 0.15) is 0 Å². The van der Waals surface area contributed by atoms with Gasteiger partial charge in [-0.1, -0.05) is 6.92 Å². The molecule has 1 rings (SSSR count). The van der Waals surface area contributed by atoms with E-state index in [1.54, 1.807) is 11.8 Å². The number of hydrogen-bond acceptors (Lipinski definition) is 4. The molecule has 2 N–H and O–H groups in total. The van der Waals surface area contributed by atoms with Crippen LogP contribution in [0.4, 0.5) is 0 Å². The summed E-state index contributed by atoms with van der Waals surface area (Å²) in [7, 11) is 0. The highest BCUT2D eigenvalue weighted by atomic mass is 32.2. The van der Waals surface area contributed by atoms with Crippen LogP contribution in [0.3, 0.4) is 0 Å². The van der Waals surface area contributed by atoms with Crippen molar-refractivity contribution in [2.45, 2.75) is 19.4 Å². The average Bonchev–Trinajstić information content (AvgIpc) is 2.29. The highest BCUT2D eigenvalue weighted by molar-refractivity contribution is 7.99. The molecule has 1 atom stereocenters. The molecule has 1 unspecified atom stereocenters. The monoisotopic (exact) mass is 232 g/mol. The predicted octanol–water partition coefficient (Wildman–Crippen LogP) is 0.316. The van der Waals surface area contributed by atoms with Gasteiger partial charge in [-0.2, -0.15) is 11.8 Å². The van der Waals surface area contributed by atoms with Gasteiger partial charge in [-0.3, -0.25) is 4.79 Å². The second-order valence-corrected chi connectivity index (χ2v) is 4.71. The van der Waals surface area contributed by atoms with Crippen molar-refractivity contribution in [2.24, 2.45) is 5.73 Å². The Morgan fingerprint density at radius 1 is 1.53 bits per heavy atom. The van der Waals surface area contributed by atoms with Crippen molar-refractivity contribution in [1.82, 2.24) is 4.90 Å². The van der Waals surface area contributed by atoms with E-state index in [1.807, 2.05) is 4.90 Å². The Morgan fingerprint density at radius 3 is 2.80 bits per heavy atom. The van der Waals surface area contributed by atoms with Gasteiger partial charge in [0.05, 0.1) is 19.0 Å². The molecular weight excluding hydrogens is 212 g/mol. The standard InChI is InChI=1S/C10H20N2O2S/c1-2-9(11)7-15-8-10(13)12-3-5-14-6-4-12/h9H,2-8,11H2,1H3.